The normalized spacial score (nSPS) is 17.3. The fraction of sp³-hybridized carbons (Fsp3) is 0.647. The monoisotopic (exact) mass is 338 g/mol. The van der Waals surface area contributed by atoms with Gasteiger partial charge >= 0.3 is 0 Å². The van der Waals surface area contributed by atoms with Crippen molar-refractivity contribution in [2.75, 3.05) is 13.1 Å². The van der Waals surface area contributed by atoms with Crippen LogP contribution < -0.4 is 5.32 Å². The molecule has 2 N–H and O–H groups in total. The number of carbonyl (C=O) groups is 2. The van der Waals surface area contributed by atoms with Crippen molar-refractivity contribution in [2.45, 2.75) is 52.2 Å². The Bertz CT molecular complexity index is 548. The van der Waals surface area contributed by atoms with Crippen molar-refractivity contribution in [3.63, 3.8) is 0 Å². The predicted molar refractivity (Wildman–Crippen MR) is 91.6 cm³/mol. The number of nitrogens with one attached hydrogen (secondary N) is 1. The highest BCUT2D eigenvalue weighted by atomic mass is 32.1. The average Bonchev–Trinajstić information content (AvgIpc) is 2.94. The quantitative estimate of drug-likeness (QED) is 0.864. The lowest BCUT2D eigenvalue weighted by Gasteiger charge is -2.33. The van der Waals surface area contributed by atoms with Gasteiger partial charge in [-0.3, -0.25) is 9.59 Å². The molecule has 1 aromatic rings. The second kappa shape index (κ2) is 7.93. The first-order valence-corrected chi connectivity index (χ1v) is 9.01. The molecule has 6 heteroatoms. The maximum Gasteiger partial charge on any atom is 0.261 e. The Kier molecular flexibility index (Phi) is 6.18. The molecule has 1 fully saturated rings. The van der Waals surface area contributed by atoms with E-state index in [0.717, 1.165) is 22.6 Å². The van der Waals surface area contributed by atoms with Gasteiger partial charge in [-0.2, -0.15) is 0 Å². The van der Waals surface area contributed by atoms with E-state index in [1.54, 1.807) is 4.90 Å². The van der Waals surface area contributed by atoms with Crippen LogP contribution in [-0.2, 0) is 4.79 Å². The van der Waals surface area contributed by atoms with Gasteiger partial charge in [0.2, 0.25) is 5.91 Å². The van der Waals surface area contributed by atoms with Crippen molar-refractivity contribution in [3.05, 3.63) is 21.9 Å². The van der Waals surface area contributed by atoms with Gasteiger partial charge in [0.25, 0.3) is 5.91 Å². The highest BCUT2D eigenvalue weighted by molar-refractivity contribution is 7.13. The van der Waals surface area contributed by atoms with Crippen LogP contribution in [0.15, 0.2) is 12.1 Å². The molecule has 1 atom stereocenters. The van der Waals surface area contributed by atoms with Crippen LogP contribution in [0.25, 0.3) is 0 Å². The number of likely N-dealkylation sites (tertiary alicyclic amines) is 1. The van der Waals surface area contributed by atoms with Crippen LogP contribution in [0.1, 0.15) is 47.7 Å². The molecular weight excluding hydrogens is 312 g/mol. The van der Waals surface area contributed by atoms with Gasteiger partial charge in [0.15, 0.2) is 0 Å². The summed E-state index contributed by atoms with van der Waals surface area (Å²) in [5.74, 6) is 0.0676. The second-order valence-electron chi connectivity index (χ2n) is 6.55. The minimum atomic E-state index is -0.581. The largest absolute Gasteiger partial charge is 0.392 e. The Hall–Kier alpha value is -1.40. The Morgan fingerprint density at radius 2 is 2.00 bits per heavy atom. The zero-order valence-corrected chi connectivity index (χ0v) is 14.9. The topological polar surface area (TPSA) is 69.6 Å². The van der Waals surface area contributed by atoms with Gasteiger partial charge in [0.1, 0.15) is 0 Å². The second-order valence-corrected chi connectivity index (χ2v) is 7.84. The van der Waals surface area contributed by atoms with Crippen molar-refractivity contribution < 1.29 is 14.7 Å². The first-order chi connectivity index (χ1) is 10.9. The first kappa shape index (κ1) is 17.9. The van der Waals surface area contributed by atoms with Crippen molar-refractivity contribution >= 4 is 23.2 Å². The Balaban J connectivity index is 1.77. The maximum atomic E-state index is 12.1. The van der Waals surface area contributed by atoms with Crippen molar-refractivity contribution in [1.29, 1.82) is 0 Å². The van der Waals surface area contributed by atoms with Crippen LogP contribution in [-0.4, -0.2) is 47.1 Å². The number of rotatable bonds is 5. The SMILES string of the molecule is Cc1ccc(C(=O)NC2CCN(C(=O)CC(O)C(C)C)CC2)s1. The summed E-state index contributed by atoms with van der Waals surface area (Å²) < 4.78 is 0. The molecule has 0 radical (unpaired) electrons. The summed E-state index contributed by atoms with van der Waals surface area (Å²) in [6, 6.07) is 3.91. The minimum absolute atomic E-state index is 0.00450. The zero-order valence-electron chi connectivity index (χ0n) is 14.0. The highest BCUT2D eigenvalue weighted by Gasteiger charge is 2.26. The summed E-state index contributed by atoms with van der Waals surface area (Å²) in [7, 11) is 0. The van der Waals surface area contributed by atoms with Crippen molar-refractivity contribution in [1.82, 2.24) is 10.2 Å². The molecule has 0 aromatic carbocycles. The minimum Gasteiger partial charge on any atom is -0.392 e. The third-order valence-corrected chi connectivity index (χ3v) is 5.30. The number of nitrogens with zero attached hydrogens (tertiary/aromatic N) is 1. The molecule has 1 aromatic heterocycles. The number of hydrogen-bond acceptors (Lipinski definition) is 4. The van der Waals surface area contributed by atoms with Gasteiger partial charge in [0.05, 0.1) is 17.4 Å². The van der Waals surface area contributed by atoms with Gasteiger partial charge < -0.3 is 15.3 Å². The number of aryl methyl sites for hydroxylation is 1. The molecule has 0 bridgehead atoms. The lowest BCUT2D eigenvalue weighted by molar-refractivity contribution is -0.134. The van der Waals surface area contributed by atoms with E-state index in [9.17, 15) is 14.7 Å². The number of carbonyl (C=O) groups excluding carboxylic acids is 2. The smallest absolute Gasteiger partial charge is 0.261 e. The summed E-state index contributed by atoms with van der Waals surface area (Å²) >= 11 is 1.49. The van der Waals surface area contributed by atoms with Crippen LogP contribution >= 0.6 is 11.3 Å². The third kappa shape index (κ3) is 5.04. The van der Waals surface area contributed by atoms with Crippen LogP contribution in [0.5, 0.6) is 0 Å². The van der Waals surface area contributed by atoms with E-state index in [4.69, 9.17) is 0 Å². The molecule has 1 unspecified atom stereocenters. The molecule has 5 nitrogen and oxygen atoms in total. The van der Waals surface area contributed by atoms with Gasteiger partial charge in [-0.05, 0) is 37.8 Å². The number of thiophene rings is 1. The molecule has 1 saturated heterocycles. The fourth-order valence-electron chi connectivity index (χ4n) is 2.63. The highest BCUT2D eigenvalue weighted by Crippen LogP contribution is 2.17. The summed E-state index contributed by atoms with van der Waals surface area (Å²) in [5, 5.41) is 12.9. The van der Waals surface area contributed by atoms with Crippen LogP contribution in [0.2, 0.25) is 0 Å². The van der Waals surface area contributed by atoms with Crippen LogP contribution in [0.3, 0.4) is 0 Å². The summed E-state index contributed by atoms with van der Waals surface area (Å²) in [6.45, 7) is 7.07. The summed E-state index contributed by atoms with van der Waals surface area (Å²) in [6.07, 6.45) is 1.13. The van der Waals surface area contributed by atoms with Crippen LogP contribution in [0, 0.1) is 12.8 Å². The van der Waals surface area contributed by atoms with E-state index in [0.29, 0.717) is 13.1 Å². The first-order valence-electron chi connectivity index (χ1n) is 8.20. The molecule has 2 heterocycles. The van der Waals surface area contributed by atoms with E-state index < -0.39 is 6.10 Å². The molecule has 0 saturated carbocycles. The van der Waals surface area contributed by atoms with E-state index in [2.05, 4.69) is 5.32 Å². The Morgan fingerprint density at radius 1 is 1.35 bits per heavy atom. The number of amides is 2. The van der Waals surface area contributed by atoms with Gasteiger partial charge in [-0.15, -0.1) is 11.3 Å². The fourth-order valence-corrected chi connectivity index (χ4v) is 3.40. The molecule has 1 aliphatic rings. The number of aliphatic hydroxyl groups is 1. The molecule has 0 aliphatic carbocycles. The predicted octanol–water partition coefficient (Wildman–Crippen LogP) is 2.18. The van der Waals surface area contributed by atoms with Crippen molar-refractivity contribution in [2.24, 2.45) is 5.92 Å². The zero-order chi connectivity index (χ0) is 17.0. The Morgan fingerprint density at radius 3 is 2.52 bits per heavy atom. The molecular formula is C17H26N2O3S. The van der Waals surface area contributed by atoms with Gasteiger partial charge in [-0.1, -0.05) is 13.8 Å². The van der Waals surface area contributed by atoms with E-state index >= 15 is 0 Å². The molecule has 128 valence electrons. The molecule has 0 spiro atoms. The molecule has 23 heavy (non-hydrogen) atoms. The van der Waals surface area contributed by atoms with E-state index in [1.807, 2.05) is 32.9 Å². The lowest BCUT2D eigenvalue weighted by Crippen LogP contribution is -2.47. The number of hydrogen-bond donors (Lipinski definition) is 2. The summed E-state index contributed by atoms with van der Waals surface area (Å²) in [4.78, 5) is 28.0. The van der Waals surface area contributed by atoms with E-state index in [1.165, 1.54) is 11.3 Å². The standard InChI is InChI=1S/C17H26N2O3S/c1-11(2)14(20)10-16(21)19-8-6-13(7-9-19)18-17(22)15-5-4-12(3)23-15/h4-5,11,13-14,20H,6-10H2,1-3H3,(H,18,22). The molecule has 1 aliphatic heterocycles. The van der Waals surface area contributed by atoms with Gasteiger partial charge in [-0.25, -0.2) is 0 Å². The number of aliphatic hydroxyl groups excluding tert-OH is 1. The van der Waals surface area contributed by atoms with Crippen molar-refractivity contribution in [3.8, 4) is 0 Å². The van der Waals surface area contributed by atoms with Crippen LogP contribution in [0.4, 0.5) is 0 Å². The van der Waals surface area contributed by atoms with Gasteiger partial charge in [0, 0.05) is 24.0 Å². The molecule has 2 amide bonds. The summed E-state index contributed by atoms with van der Waals surface area (Å²) in [5.41, 5.74) is 0. The lowest BCUT2D eigenvalue weighted by atomic mass is 10.0. The average molecular weight is 338 g/mol. The molecule has 2 rings (SSSR count). The third-order valence-electron chi connectivity index (χ3n) is 4.30. The number of piperidine rings is 1. The maximum absolute atomic E-state index is 12.1. The van der Waals surface area contributed by atoms with E-state index in [-0.39, 0.29) is 30.2 Å². The Labute approximate surface area is 141 Å².